The molecule has 2 heterocycles. The van der Waals surface area contributed by atoms with E-state index in [2.05, 4.69) is 4.98 Å². The number of ether oxygens (including phenoxy) is 1. The van der Waals surface area contributed by atoms with Crippen molar-refractivity contribution in [2.45, 2.75) is 6.61 Å². The number of fused-ring (bicyclic) bond motifs is 3. The first-order valence-corrected chi connectivity index (χ1v) is 8.53. The molecule has 0 radical (unpaired) electrons. The SMILES string of the molecule is O=c1[nH]c2cc(/C=C3\c4ccccc4COc4cc(F)ccc43)ccc2o1. The molecule has 0 unspecified atom stereocenters. The van der Waals surface area contributed by atoms with E-state index >= 15 is 0 Å². The van der Waals surface area contributed by atoms with Crippen molar-refractivity contribution in [1.29, 1.82) is 0 Å². The van der Waals surface area contributed by atoms with Gasteiger partial charge in [-0.05, 0) is 52.6 Å². The first-order chi connectivity index (χ1) is 13.2. The minimum absolute atomic E-state index is 0.337. The Morgan fingerprint density at radius 1 is 1.00 bits per heavy atom. The van der Waals surface area contributed by atoms with Gasteiger partial charge in [0, 0.05) is 11.6 Å². The molecule has 0 saturated carbocycles. The van der Waals surface area contributed by atoms with Crippen LogP contribution in [0, 0.1) is 5.82 Å². The Morgan fingerprint density at radius 2 is 1.89 bits per heavy atom. The summed E-state index contributed by atoms with van der Waals surface area (Å²) in [6, 6.07) is 18.0. The smallest absolute Gasteiger partial charge is 0.417 e. The summed E-state index contributed by atoms with van der Waals surface area (Å²) in [5.41, 5.74) is 5.84. The van der Waals surface area contributed by atoms with Crippen LogP contribution >= 0.6 is 0 Å². The summed E-state index contributed by atoms with van der Waals surface area (Å²) in [7, 11) is 0. The van der Waals surface area contributed by atoms with Gasteiger partial charge in [-0.2, -0.15) is 0 Å². The number of benzene rings is 3. The number of rotatable bonds is 1. The fourth-order valence-corrected chi connectivity index (χ4v) is 3.43. The van der Waals surface area contributed by atoms with Crippen molar-refractivity contribution in [1.82, 2.24) is 4.98 Å². The molecule has 27 heavy (non-hydrogen) atoms. The van der Waals surface area contributed by atoms with E-state index in [0.29, 0.717) is 23.5 Å². The van der Waals surface area contributed by atoms with E-state index in [1.54, 1.807) is 12.1 Å². The lowest BCUT2D eigenvalue weighted by Gasteiger charge is -2.10. The van der Waals surface area contributed by atoms with Crippen molar-refractivity contribution in [3.8, 4) is 5.75 Å². The van der Waals surface area contributed by atoms with Crippen molar-refractivity contribution in [3.63, 3.8) is 0 Å². The van der Waals surface area contributed by atoms with E-state index in [9.17, 15) is 9.18 Å². The molecule has 0 spiro atoms. The predicted octanol–water partition coefficient (Wildman–Crippen LogP) is 4.74. The maximum Gasteiger partial charge on any atom is 0.417 e. The van der Waals surface area contributed by atoms with Crippen LogP contribution in [0.25, 0.3) is 22.7 Å². The third kappa shape index (κ3) is 2.73. The maximum atomic E-state index is 13.7. The molecule has 1 aliphatic heterocycles. The zero-order chi connectivity index (χ0) is 18.4. The topological polar surface area (TPSA) is 55.2 Å². The van der Waals surface area contributed by atoms with Crippen LogP contribution in [-0.2, 0) is 6.61 Å². The molecule has 1 N–H and O–H groups in total. The van der Waals surface area contributed by atoms with E-state index < -0.39 is 5.76 Å². The number of H-pyrrole nitrogens is 1. The second kappa shape index (κ2) is 5.99. The molecule has 0 amide bonds. The third-order valence-corrected chi connectivity index (χ3v) is 4.68. The fraction of sp³-hybridized carbons (Fsp3) is 0.0455. The highest BCUT2D eigenvalue weighted by molar-refractivity contribution is 5.95. The Morgan fingerprint density at radius 3 is 2.81 bits per heavy atom. The van der Waals surface area contributed by atoms with Gasteiger partial charge in [0.15, 0.2) is 5.58 Å². The van der Waals surface area contributed by atoms with Crippen LogP contribution < -0.4 is 10.5 Å². The normalized spacial score (nSPS) is 14.5. The molecule has 0 fully saturated rings. The molecule has 3 aromatic carbocycles. The summed E-state index contributed by atoms with van der Waals surface area (Å²) in [5, 5.41) is 0. The molecule has 0 atom stereocenters. The summed E-state index contributed by atoms with van der Waals surface area (Å²) >= 11 is 0. The first kappa shape index (κ1) is 15.6. The van der Waals surface area contributed by atoms with Crippen LogP contribution in [0.1, 0.15) is 22.3 Å². The van der Waals surface area contributed by atoms with Crippen LogP contribution in [0.2, 0.25) is 0 Å². The molecule has 5 heteroatoms. The van der Waals surface area contributed by atoms with Gasteiger partial charge < -0.3 is 9.15 Å². The Labute approximate surface area is 153 Å². The van der Waals surface area contributed by atoms with Crippen LogP contribution in [0.15, 0.2) is 69.9 Å². The molecular formula is C22H14FNO3. The van der Waals surface area contributed by atoms with Crippen LogP contribution in [0.4, 0.5) is 4.39 Å². The molecule has 132 valence electrons. The molecule has 0 bridgehead atoms. The monoisotopic (exact) mass is 359 g/mol. The standard InChI is InChI=1S/C22H14FNO3/c23-15-6-7-17-18(9-13-5-8-20-19(10-13)24-22(25)27-20)16-4-2-1-3-14(16)12-26-21(17)11-15/h1-11H,12H2,(H,24,25)/b18-9+. The summed E-state index contributed by atoms with van der Waals surface area (Å²) in [4.78, 5) is 14.1. The maximum absolute atomic E-state index is 13.7. The minimum atomic E-state index is -0.483. The van der Waals surface area contributed by atoms with Crippen molar-refractivity contribution in [2.24, 2.45) is 0 Å². The van der Waals surface area contributed by atoms with Gasteiger partial charge in [0.05, 0.1) is 5.52 Å². The number of halogens is 1. The second-order valence-electron chi connectivity index (χ2n) is 6.41. The van der Waals surface area contributed by atoms with Gasteiger partial charge >= 0.3 is 5.76 Å². The van der Waals surface area contributed by atoms with E-state index in [1.807, 2.05) is 42.5 Å². The lowest BCUT2D eigenvalue weighted by molar-refractivity contribution is 0.305. The van der Waals surface area contributed by atoms with Crippen molar-refractivity contribution in [2.75, 3.05) is 0 Å². The number of aromatic nitrogens is 1. The largest absolute Gasteiger partial charge is 0.488 e. The summed E-state index contributed by atoms with van der Waals surface area (Å²) in [6.45, 7) is 0.373. The minimum Gasteiger partial charge on any atom is -0.488 e. The van der Waals surface area contributed by atoms with Crippen molar-refractivity contribution < 1.29 is 13.5 Å². The van der Waals surface area contributed by atoms with Crippen LogP contribution in [0.5, 0.6) is 5.75 Å². The molecule has 5 rings (SSSR count). The number of nitrogens with one attached hydrogen (secondary N) is 1. The number of hydrogen-bond donors (Lipinski definition) is 1. The van der Waals surface area contributed by atoms with E-state index in [-0.39, 0.29) is 5.82 Å². The predicted molar refractivity (Wildman–Crippen MR) is 101 cm³/mol. The number of aromatic amines is 1. The van der Waals surface area contributed by atoms with Gasteiger partial charge in [-0.25, -0.2) is 9.18 Å². The third-order valence-electron chi connectivity index (χ3n) is 4.68. The van der Waals surface area contributed by atoms with Crippen LogP contribution in [0.3, 0.4) is 0 Å². The second-order valence-corrected chi connectivity index (χ2v) is 6.41. The molecule has 0 aliphatic carbocycles. The quantitative estimate of drug-likeness (QED) is 0.534. The molecule has 4 nitrogen and oxygen atoms in total. The number of hydrogen-bond acceptors (Lipinski definition) is 3. The number of oxazole rings is 1. The van der Waals surface area contributed by atoms with Gasteiger partial charge in [-0.1, -0.05) is 30.3 Å². The Kier molecular flexibility index (Phi) is 3.47. The van der Waals surface area contributed by atoms with Crippen molar-refractivity contribution >= 4 is 22.7 Å². The van der Waals surface area contributed by atoms with Gasteiger partial charge in [0.2, 0.25) is 0 Å². The average molecular weight is 359 g/mol. The highest BCUT2D eigenvalue weighted by atomic mass is 19.1. The molecule has 0 saturated heterocycles. The summed E-state index contributed by atoms with van der Waals surface area (Å²) in [5.74, 6) is -0.310. The van der Waals surface area contributed by atoms with Crippen LogP contribution in [-0.4, -0.2) is 4.98 Å². The van der Waals surface area contributed by atoms with Crippen molar-refractivity contribution in [3.05, 3.63) is 99.3 Å². The van der Waals surface area contributed by atoms with Gasteiger partial charge in [-0.3, -0.25) is 4.98 Å². The van der Waals surface area contributed by atoms with Gasteiger partial charge in [0.1, 0.15) is 18.2 Å². The zero-order valence-electron chi connectivity index (χ0n) is 14.2. The average Bonchev–Trinajstić information content (AvgIpc) is 2.97. The first-order valence-electron chi connectivity index (χ1n) is 8.53. The van der Waals surface area contributed by atoms with E-state index in [4.69, 9.17) is 9.15 Å². The molecule has 4 aromatic rings. The Bertz CT molecular complexity index is 1270. The van der Waals surface area contributed by atoms with E-state index in [1.165, 1.54) is 12.1 Å². The Balaban J connectivity index is 1.75. The summed E-state index contributed by atoms with van der Waals surface area (Å²) < 4.78 is 24.7. The zero-order valence-corrected chi connectivity index (χ0v) is 14.2. The molecular weight excluding hydrogens is 345 g/mol. The van der Waals surface area contributed by atoms with Gasteiger partial charge in [-0.15, -0.1) is 0 Å². The fourth-order valence-electron chi connectivity index (χ4n) is 3.43. The lowest BCUT2D eigenvalue weighted by Crippen LogP contribution is -1.95. The van der Waals surface area contributed by atoms with E-state index in [0.717, 1.165) is 27.8 Å². The highest BCUT2D eigenvalue weighted by Crippen LogP contribution is 2.38. The lowest BCUT2D eigenvalue weighted by atomic mass is 9.92. The highest BCUT2D eigenvalue weighted by Gasteiger charge is 2.19. The summed E-state index contributed by atoms with van der Waals surface area (Å²) in [6.07, 6.45) is 2.01. The Hall–Kier alpha value is -3.60. The molecule has 1 aromatic heterocycles. The molecule has 1 aliphatic rings. The van der Waals surface area contributed by atoms with Gasteiger partial charge in [0.25, 0.3) is 0 Å².